The zero-order valence-corrected chi connectivity index (χ0v) is 23.7. The molecule has 1 heterocycles. The lowest BCUT2D eigenvalue weighted by Crippen LogP contribution is -2.35. The number of alkyl halides is 3. The molecule has 9 nitrogen and oxygen atoms in total. The van der Waals surface area contributed by atoms with Crippen molar-refractivity contribution in [2.75, 3.05) is 17.4 Å². The van der Waals surface area contributed by atoms with Crippen molar-refractivity contribution in [2.45, 2.75) is 53.1 Å². The summed E-state index contributed by atoms with van der Waals surface area (Å²) in [4.78, 5) is 13.2. The highest BCUT2D eigenvalue weighted by molar-refractivity contribution is 6.05. The minimum atomic E-state index is -4.87. The fourth-order valence-electron chi connectivity index (χ4n) is 3.87. The Hall–Kier alpha value is -4.03. The number of benzene rings is 2. The fraction of sp³-hybridized carbons (Fsp3) is 0.357. The molecule has 3 aromatic rings. The van der Waals surface area contributed by atoms with Gasteiger partial charge in [-0.2, -0.15) is 5.10 Å². The van der Waals surface area contributed by atoms with E-state index in [1.165, 1.54) is 11.1 Å². The van der Waals surface area contributed by atoms with Gasteiger partial charge in [0.1, 0.15) is 5.75 Å². The molecule has 0 aliphatic carbocycles. The SMILES string of the molecule is CN/C(=C\N(N)c1cc(C(=O)Nc2cc(CNC(C)(C)C)cc(OC(F)(F)F)c2)ccc1C)c1cnn(C)c1C. The number of aryl methyl sites for hydroxylation is 2. The number of halogens is 3. The van der Waals surface area contributed by atoms with E-state index >= 15 is 0 Å². The highest BCUT2D eigenvalue weighted by Crippen LogP contribution is 2.29. The molecule has 40 heavy (non-hydrogen) atoms. The Labute approximate surface area is 232 Å². The predicted octanol–water partition coefficient (Wildman–Crippen LogP) is 4.97. The van der Waals surface area contributed by atoms with Crippen molar-refractivity contribution in [2.24, 2.45) is 12.9 Å². The number of anilines is 2. The number of carbonyl (C=O) groups excluding carboxylic acids is 1. The standard InChI is InChI=1S/C28H36F3N7O2/c1-17-8-9-20(12-25(17)38(32)16-24(33-6)23-15-35-37(7)18(23)2)26(39)36-21-10-19(14-34-27(3,4)5)11-22(13-21)40-28(29,30)31/h8-13,15-16,33-34H,14,32H2,1-7H3,(H,36,39)/b24-16-. The highest BCUT2D eigenvalue weighted by Gasteiger charge is 2.31. The molecule has 5 N–H and O–H groups in total. The molecule has 0 aliphatic rings. The fourth-order valence-corrected chi connectivity index (χ4v) is 3.87. The number of nitrogens with one attached hydrogen (secondary N) is 3. The van der Waals surface area contributed by atoms with Crippen LogP contribution in [0.25, 0.3) is 5.70 Å². The van der Waals surface area contributed by atoms with Crippen molar-refractivity contribution < 1.29 is 22.7 Å². The molecule has 0 fully saturated rings. The van der Waals surface area contributed by atoms with Crippen LogP contribution >= 0.6 is 0 Å². The zero-order chi connectivity index (χ0) is 29.8. The Kier molecular flexibility index (Phi) is 9.16. The largest absolute Gasteiger partial charge is 0.573 e. The van der Waals surface area contributed by atoms with E-state index in [-0.39, 0.29) is 23.3 Å². The van der Waals surface area contributed by atoms with Crippen LogP contribution in [-0.4, -0.2) is 34.6 Å². The van der Waals surface area contributed by atoms with E-state index in [0.717, 1.165) is 28.6 Å². The van der Waals surface area contributed by atoms with Crippen molar-refractivity contribution in [1.29, 1.82) is 0 Å². The Morgan fingerprint density at radius 1 is 1.15 bits per heavy atom. The van der Waals surface area contributed by atoms with E-state index in [1.54, 1.807) is 48.4 Å². The van der Waals surface area contributed by atoms with Gasteiger partial charge in [0.25, 0.3) is 5.91 Å². The van der Waals surface area contributed by atoms with Crippen LogP contribution in [0.5, 0.6) is 5.75 Å². The van der Waals surface area contributed by atoms with Crippen LogP contribution in [0, 0.1) is 13.8 Å². The molecule has 0 bridgehead atoms. The molecule has 0 radical (unpaired) electrons. The molecule has 0 atom stereocenters. The summed E-state index contributed by atoms with van der Waals surface area (Å²) >= 11 is 0. The minimum absolute atomic E-state index is 0.161. The lowest BCUT2D eigenvalue weighted by Gasteiger charge is -2.21. The van der Waals surface area contributed by atoms with Crippen molar-refractivity contribution in [3.8, 4) is 5.75 Å². The molecule has 0 aliphatic heterocycles. The molecular formula is C28H36F3N7O2. The molecule has 1 amide bonds. The molecule has 0 unspecified atom stereocenters. The number of nitrogens with zero attached hydrogens (tertiary/aromatic N) is 3. The maximum atomic E-state index is 13.2. The third kappa shape index (κ3) is 8.23. The summed E-state index contributed by atoms with van der Waals surface area (Å²) in [6.07, 6.45) is -1.45. The first-order valence-corrected chi connectivity index (χ1v) is 12.6. The maximum Gasteiger partial charge on any atom is 0.573 e. The Balaban J connectivity index is 1.89. The molecule has 0 saturated carbocycles. The Bertz CT molecular complexity index is 1390. The second-order valence-corrected chi connectivity index (χ2v) is 10.4. The van der Waals surface area contributed by atoms with Gasteiger partial charge in [-0.25, -0.2) is 5.84 Å². The van der Waals surface area contributed by atoms with Crippen molar-refractivity contribution in [1.82, 2.24) is 20.4 Å². The van der Waals surface area contributed by atoms with Gasteiger partial charge in [0, 0.05) is 61.0 Å². The summed E-state index contributed by atoms with van der Waals surface area (Å²) in [5, 5.41) is 14.7. The number of carbonyl (C=O) groups is 1. The minimum Gasteiger partial charge on any atom is -0.406 e. The smallest absolute Gasteiger partial charge is 0.406 e. The number of ether oxygens (including phenoxy) is 1. The van der Waals surface area contributed by atoms with Crippen molar-refractivity contribution >= 4 is 23.0 Å². The van der Waals surface area contributed by atoms with Gasteiger partial charge < -0.3 is 20.7 Å². The van der Waals surface area contributed by atoms with Crippen LogP contribution in [0.15, 0.2) is 48.8 Å². The van der Waals surface area contributed by atoms with Gasteiger partial charge in [0.15, 0.2) is 0 Å². The summed E-state index contributed by atoms with van der Waals surface area (Å²) in [7, 11) is 3.61. The summed E-state index contributed by atoms with van der Waals surface area (Å²) in [5.74, 6) is 5.44. The Morgan fingerprint density at radius 3 is 2.42 bits per heavy atom. The second-order valence-electron chi connectivity index (χ2n) is 10.4. The molecule has 3 rings (SSSR count). The summed E-state index contributed by atoms with van der Waals surface area (Å²) < 4.78 is 44.8. The molecule has 2 aromatic carbocycles. The lowest BCUT2D eigenvalue weighted by atomic mass is 10.1. The number of rotatable bonds is 9. The first kappa shape index (κ1) is 30.5. The molecule has 12 heteroatoms. The van der Waals surface area contributed by atoms with Crippen LogP contribution in [0.3, 0.4) is 0 Å². The van der Waals surface area contributed by atoms with Gasteiger partial charge in [-0.1, -0.05) is 6.07 Å². The first-order valence-electron chi connectivity index (χ1n) is 12.6. The van der Waals surface area contributed by atoms with E-state index in [4.69, 9.17) is 5.84 Å². The van der Waals surface area contributed by atoms with Crippen LogP contribution in [-0.2, 0) is 13.6 Å². The molecular weight excluding hydrogens is 523 g/mol. The van der Waals surface area contributed by atoms with Gasteiger partial charge in [-0.15, -0.1) is 13.2 Å². The quantitative estimate of drug-likeness (QED) is 0.216. The van der Waals surface area contributed by atoms with Gasteiger partial charge in [0.2, 0.25) is 0 Å². The molecule has 0 spiro atoms. The summed E-state index contributed by atoms with van der Waals surface area (Å²) in [6, 6.07) is 9.00. The highest BCUT2D eigenvalue weighted by atomic mass is 19.4. The van der Waals surface area contributed by atoms with E-state index in [2.05, 4.69) is 25.8 Å². The average molecular weight is 560 g/mol. The monoisotopic (exact) mass is 559 g/mol. The van der Waals surface area contributed by atoms with E-state index in [0.29, 0.717) is 11.3 Å². The predicted molar refractivity (Wildman–Crippen MR) is 150 cm³/mol. The molecule has 1 aromatic heterocycles. The average Bonchev–Trinajstić information content (AvgIpc) is 3.17. The molecule has 0 saturated heterocycles. The van der Waals surface area contributed by atoms with Crippen molar-refractivity contribution in [3.05, 3.63) is 76.7 Å². The normalized spacial score (nSPS) is 12.3. The third-order valence-corrected chi connectivity index (χ3v) is 6.09. The second kappa shape index (κ2) is 12.0. The topological polar surface area (TPSA) is 109 Å². The number of nitrogens with two attached hydrogens (primary N) is 1. The maximum absolute atomic E-state index is 13.2. The summed E-state index contributed by atoms with van der Waals surface area (Å²) in [6.45, 7) is 9.88. The van der Waals surface area contributed by atoms with Crippen LogP contribution in [0.1, 0.15) is 53.5 Å². The third-order valence-electron chi connectivity index (χ3n) is 6.09. The van der Waals surface area contributed by atoms with Gasteiger partial charge in [0.05, 0.1) is 17.6 Å². The Morgan fingerprint density at radius 2 is 1.85 bits per heavy atom. The van der Waals surface area contributed by atoms with Gasteiger partial charge in [-0.3, -0.25) is 14.5 Å². The van der Waals surface area contributed by atoms with Crippen LogP contribution in [0.2, 0.25) is 0 Å². The lowest BCUT2D eigenvalue weighted by molar-refractivity contribution is -0.274. The van der Waals surface area contributed by atoms with E-state index < -0.39 is 18.0 Å². The number of hydrogen-bond donors (Lipinski definition) is 4. The van der Waals surface area contributed by atoms with Crippen molar-refractivity contribution in [3.63, 3.8) is 0 Å². The van der Waals surface area contributed by atoms with Gasteiger partial charge >= 0.3 is 6.36 Å². The van der Waals surface area contributed by atoms with Crippen LogP contribution < -0.4 is 31.5 Å². The number of hydrogen-bond acceptors (Lipinski definition) is 7. The van der Waals surface area contributed by atoms with E-state index in [9.17, 15) is 18.0 Å². The van der Waals surface area contributed by atoms with Crippen LogP contribution in [0.4, 0.5) is 24.5 Å². The number of hydrazine groups is 1. The van der Waals surface area contributed by atoms with Gasteiger partial charge in [-0.05, 0) is 70.0 Å². The number of amides is 1. The zero-order valence-electron chi connectivity index (χ0n) is 23.7. The first-order chi connectivity index (χ1) is 18.6. The summed E-state index contributed by atoms with van der Waals surface area (Å²) in [5.41, 5.74) is 4.57. The van der Waals surface area contributed by atoms with E-state index in [1.807, 2.05) is 41.7 Å². The number of aromatic nitrogens is 2. The molecule has 216 valence electrons.